The molecule has 5 rings (SSSR count). The van der Waals surface area contributed by atoms with Crippen molar-refractivity contribution < 1.29 is 9.31 Å². The first kappa shape index (κ1) is 10.4. The van der Waals surface area contributed by atoms with E-state index in [0.29, 0.717) is 0 Å². The van der Waals surface area contributed by atoms with Crippen LogP contribution in [-0.2, 0) is 9.31 Å². The van der Waals surface area contributed by atoms with Gasteiger partial charge in [0.15, 0.2) is 0 Å². The second-order valence-electron chi connectivity index (χ2n) is 5.34. The zero-order valence-electron chi connectivity index (χ0n) is 10.7. The Hall–Kier alpha value is -2.35. The molecule has 0 saturated carbocycles. The minimum absolute atomic E-state index is 0.00694. The highest BCUT2D eigenvalue weighted by atomic mass is 16.4. The van der Waals surface area contributed by atoms with Gasteiger partial charge in [-0.15, -0.1) is 0 Å². The molecule has 0 atom stereocenters. The minimum Gasteiger partial charge on any atom is -0.557 e. The molecule has 0 radical (unpaired) electrons. The first-order valence-corrected chi connectivity index (χ1v) is 6.83. The smallest absolute Gasteiger partial charge is 0.425 e. The molecule has 2 aromatic carbocycles. The lowest BCUT2D eigenvalue weighted by Crippen LogP contribution is -2.71. The van der Waals surface area contributed by atoms with Crippen molar-refractivity contribution in [2.24, 2.45) is 0 Å². The van der Waals surface area contributed by atoms with Crippen molar-refractivity contribution in [2.45, 2.75) is 0 Å². The molecule has 0 fully saturated rings. The number of rotatable bonds is 0. The molecule has 0 unspecified atom stereocenters. The number of benzene rings is 2. The molecule has 4 heteroatoms. The lowest BCUT2D eigenvalue weighted by atomic mass is 9.34. The molecule has 3 heterocycles. The highest BCUT2D eigenvalue weighted by Crippen LogP contribution is 2.15. The van der Waals surface area contributed by atoms with Crippen LogP contribution in [-0.4, -0.2) is 13.8 Å². The summed E-state index contributed by atoms with van der Waals surface area (Å²) in [5, 5.41) is 0. The van der Waals surface area contributed by atoms with Crippen molar-refractivity contribution in [3.8, 4) is 0 Å². The van der Waals surface area contributed by atoms with Crippen molar-refractivity contribution in [1.82, 2.24) is 0 Å². The summed E-state index contributed by atoms with van der Waals surface area (Å²) in [6.07, 6.45) is 7.66. The predicted octanol–water partition coefficient (Wildman–Crippen LogP) is 0.213. The molecule has 92 valence electrons. The zero-order valence-corrected chi connectivity index (χ0v) is 10.7. The summed E-state index contributed by atoms with van der Waals surface area (Å²) in [4.78, 5) is 0. The Morgan fingerprint density at radius 1 is 0.650 bits per heavy atom. The second kappa shape index (κ2) is 3.60. The average molecular weight is 256 g/mol. The van der Waals surface area contributed by atoms with Crippen molar-refractivity contribution in [3.05, 3.63) is 60.0 Å². The van der Waals surface area contributed by atoms with Gasteiger partial charge in [-0.3, -0.25) is 0 Å². The Balaban J connectivity index is 1.90. The van der Waals surface area contributed by atoms with E-state index in [4.69, 9.17) is 9.31 Å². The third-order valence-electron chi connectivity index (χ3n) is 4.36. The fraction of sp³-hybridized carbons (Fsp3) is 0. The molecule has 2 nitrogen and oxygen atoms in total. The van der Waals surface area contributed by atoms with Crippen LogP contribution in [0, 0.1) is 0 Å². The molecule has 0 aromatic heterocycles. The topological polar surface area (TPSA) is 18.5 Å². The Morgan fingerprint density at radius 3 is 1.65 bits per heavy atom. The van der Waals surface area contributed by atoms with Crippen molar-refractivity contribution in [2.75, 3.05) is 0 Å². The largest absolute Gasteiger partial charge is 0.557 e. The van der Waals surface area contributed by atoms with Crippen LogP contribution in [0.1, 0.15) is 11.1 Å². The van der Waals surface area contributed by atoms with Gasteiger partial charge in [-0.05, 0) is 45.1 Å². The Bertz CT molecular complexity index is 728. The average Bonchev–Trinajstić information content (AvgIpc) is 2.52. The summed E-state index contributed by atoms with van der Waals surface area (Å²) < 4.78 is 11.8. The molecule has 0 N–H and O–H groups in total. The number of hydrogen-bond acceptors (Lipinski definition) is 2. The van der Waals surface area contributed by atoms with Gasteiger partial charge in [0, 0.05) is 0 Å². The quantitative estimate of drug-likeness (QED) is 0.627. The Morgan fingerprint density at radius 2 is 1.15 bits per heavy atom. The van der Waals surface area contributed by atoms with E-state index in [1.165, 1.54) is 33.0 Å². The summed E-state index contributed by atoms with van der Waals surface area (Å²) in [6.45, 7) is -0.0139. The number of fused-ring (bicyclic) bond motifs is 2. The third kappa shape index (κ3) is 1.17. The molecule has 0 aliphatic carbocycles. The molecule has 2 aromatic rings. The van der Waals surface area contributed by atoms with Crippen molar-refractivity contribution in [3.63, 3.8) is 0 Å². The standard InChI is InChI=1S/C16H10B2O2/c1-3-11-7-9-20-18-14-6-2-4-12-8-10-19-17(16(12)14)13(5-1)15(11)18/h1-10H. The van der Waals surface area contributed by atoms with Crippen LogP contribution in [0.5, 0.6) is 0 Å². The lowest BCUT2D eigenvalue weighted by molar-refractivity contribution is 0.506. The van der Waals surface area contributed by atoms with Gasteiger partial charge >= 0.3 is 13.8 Å². The van der Waals surface area contributed by atoms with Crippen LogP contribution in [0.2, 0.25) is 0 Å². The highest BCUT2D eigenvalue weighted by molar-refractivity contribution is 6.99. The molecular weight excluding hydrogens is 246 g/mol. The van der Waals surface area contributed by atoms with Gasteiger partial charge in [0.05, 0.1) is 12.5 Å². The fourth-order valence-corrected chi connectivity index (χ4v) is 3.53. The van der Waals surface area contributed by atoms with Gasteiger partial charge in [0.2, 0.25) is 0 Å². The van der Waals surface area contributed by atoms with Gasteiger partial charge in [-0.25, -0.2) is 0 Å². The van der Waals surface area contributed by atoms with E-state index in [1.807, 2.05) is 12.2 Å². The summed E-state index contributed by atoms with van der Waals surface area (Å²) >= 11 is 0. The van der Waals surface area contributed by atoms with Gasteiger partial charge in [0.1, 0.15) is 0 Å². The number of hydrogen-bond donors (Lipinski definition) is 0. The van der Waals surface area contributed by atoms with E-state index < -0.39 is 0 Å². The van der Waals surface area contributed by atoms with E-state index >= 15 is 0 Å². The second-order valence-corrected chi connectivity index (χ2v) is 5.34. The molecule has 0 bridgehead atoms. The maximum Gasteiger partial charge on any atom is 0.425 e. The Kier molecular flexibility index (Phi) is 1.88. The van der Waals surface area contributed by atoms with Crippen LogP contribution in [0.15, 0.2) is 48.9 Å². The molecule has 3 aliphatic heterocycles. The van der Waals surface area contributed by atoms with E-state index in [2.05, 4.69) is 36.4 Å². The summed E-state index contributed by atoms with van der Waals surface area (Å²) in [6, 6.07) is 12.8. The maximum absolute atomic E-state index is 5.92. The van der Waals surface area contributed by atoms with E-state index in [1.54, 1.807) is 12.5 Å². The summed E-state index contributed by atoms with van der Waals surface area (Å²) in [7, 11) is 0. The Labute approximate surface area is 117 Å². The van der Waals surface area contributed by atoms with Gasteiger partial charge < -0.3 is 9.31 Å². The zero-order chi connectivity index (χ0) is 13.1. The minimum atomic E-state index is -0.00694. The first-order valence-electron chi connectivity index (χ1n) is 6.83. The van der Waals surface area contributed by atoms with Crippen molar-refractivity contribution in [1.29, 1.82) is 0 Å². The van der Waals surface area contributed by atoms with Crippen LogP contribution < -0.4 is 21.9 Å². The van der Waals surface area contributed by atoms with Crippen molar-refractivity contribution >= 4 is 47.8 Å². The molecule has 0 amide bonds. The molecule has 0 spiro atoms. The summed E-state index contributed by atoms with van der Waals surface area (Å²) in [5.41, 5.74) is 7.41. The van der Waals surface area contributed by atoms with E-state index in [-0.39, 0.29) is 13.8 Å². The predicted molar refractivity (Wildman–Crippen MR) is 83.2 cm³/mol. The van der Waals surface area contributed by atoms with Gasteiger partial charge in [0.25, 0.3) is 0 Å². The van der Waals surface area contributed by atoms with Crippen LogP contribution >= 0.6 is 0 Å². The molecule has 20 heavy (non-hydrogen) atoms. The first-order chi connectivity index (χ1) is 9.93. The highest BCUT2D eigenvalue weighted by Gasteiger charge is 2.44. The SMILES string of the molecule is C1=Cc2cccc3c2B(O1)c1cccc2c1B3OC=C2. The van der Waals surface area contributed by atoms with Gasteiger partial charge in [-0.1, -0.05) is 36.4 Å². The van der Waals surface area contributed by atoms with Crippen LogP contribution in [0.4, 0.5) is 0 Å². The maximum atomic E-state index is 5.92. The van der Waals surface area contributed by atoms with E-state index in [0.717, 1.165) is 0 Å². The fourth-order valence-electron chi connectivity index (χ4n) is 3.53. The normalized spacial score (nSPS) is 16.2. The van der Waals surface area contributed by atoms with Gasteiger partial charge in [-0.2, -0.15) is 0 Å². The third-order valence-corrected chi connectivity index (χ3v) is 4.36. The summed E-state index contributed by atoms with van der Waals surface area (Å²) in [5.74, 6) is 0. The van der Waals surface area contributed by atoms with E-state index in [9.17, 15) is 0 Å². The molecular formula is C16H10B2O2. The monoisotopic (exact) mass is 256 g/mol. The molecule has 3 aliphatic rings. The van der Waals surface area contributed by atoms with Crippen LogP contribution in [0.25, 0.3) is 12.2 Å². The lowest BCUT2D eigenvalue weighted by Gasteiger charge is -2.34. The van der Waals surface area contributed by atoms with Crippen LogP contribution in [0.3, 0.4) is 0 Å². The molecule has 0 saturated heterocycles.